The first-order valence-electron chi connectivity index (χ1n) is 5.84. The number of ether oxygens (including phenoxy) is 1. The minimum atomic E-state index is -0.444. The van der Waals surface area contributed by atoms with Gasteiger partial charge in [-0.3, -0.25) is 9.59 Å². The molecule has 0 spiro atoms. The van der Waals surface area contributed by atoms with E-state index in [0.717, 1.165) is 16.7 Å². The van der Waals surface area contributed by atoms with E-state index in [0.29, 0.717) is 0 Å². The Morgan fingerprint density at radius 2 is 1.72 bits per heavy atom. The van der Waals surface area contributed by atoms with E-state index in [4.69, 9.17) is 0 Å². The van der Waals surface area contributed by atoms with Crippen LogP contribution >= 0.6 is 0 Å². The van der Waals surface area contributed by atoms with Gasteiger partial charge in [0.15, 0.2) is 0 Å². The van der Waals surface area contributed by atoms with E-state index in [1.54, 1.807) is 0 Å². The largest absolute Gasteiger partial charge is 0.468 e. The van der Waals surface area contributed by atoms with Gasteiger partial charge in [-0.1, -0.05) is 17.7 Å². The molecule has 1 rings (SSSR count). The van der Waals surface area contributed by atoms with Crippen molar-refractivity contribution < 1.29 is 14.3 Å². The van der Waals surface area contributed by atoms with Gasteiger partial charge in [-0.05, 0) is 37.5 Å². The molecule has 0 fully saturated rings. The molecule has 0 radical (unpaired) electrons. The number of aryl methyl sites for hydroxylation is 3. The van der Waals surface area contributed by atoms with Gasteiger partial charge in [0, 0.05) is 0 Å². The van der Waals surface area contributed by atoms with Crippen LogP contribution < -0.4 is 5.32 Å². The minimum Gasteiger partial charge on any atom is -0.468 e. The van der Waals surface area contributed by atoms with Crippen molar-refractivity contribution in [2.75, 3.05) is 13.7 Å². The van der Waals surface area contributed by atoms with Gasteiger partial charge < -0.3 is 10.1 Å². The van der Waals surface area contributed by atoms with Crippen LogP contribution in [-0.4, -0.2) is 25.5 Å². The highest BCUT2D eigenvalue weighted by atomic mass is 16.5. The molecule has 98 valence electrons. The summed E-state index contributed by atoms with van der Waals surface area (Å²) in [5.74, 6) is -0.615. The molecular weight excluding hydrogens is 230 g/mol. The highest BCUT2D eigenvalue weighted by Gasteiger charge is 2.10. The summed E-state index contributed by atoms with van der Waals surface area (Å²) in [5.41, 5.74) is 4.40. The second kappa shape index (κ2) is 6.19. The summed E-state index contributed by atoms with van der Waals surface area (Å²) in [6, 6.07) is 4.10. The van der Waals surface area contributed by atoms with E-state index < -0.39 is 5.97 Å². The van der Waals surface area contributed by atoms with E-state index in [2.05, 4.69) is 22.2 Å². The Labute approximate surface area is 107 Å². The highest BCUT2D eigenvalue weighted by molar-refractivity contribution is 5.83. The monoisotopic (exact) mass is 249 g/mol. The standard InChI is InChI=1S/C14H19NO3/c1-9-5-10(2)12(11(3)6-9)7-13(16)15-8-14(17)18-4/h5-6H,7-8H2,1-4H3,(H,15,16). The van der Waals surface area contributed by atoms with Crippen molar-refractivity contribution in [1.29, 1.82) is 0 Å². The normalized spacial score (nSPS) is 10.0. The van der Waals surface area contributed by atoms with E-state index in [9.17, 15) is 9.59 Å². The zero-order valence-electron chi connectivity index (χ0n) is 11.3. The topological polar surface area (TPSA) is 55.4 Å². The van der Waals surface area contributed by atoms with Crippen LogP contribution in [0.4, 0.5) is 0 Å². The van der Waals surface area contributed by atoms with Crippen molar-refractivity contribution in [3.8, 4) is 0 Å². The first-order chi connectivity index (χ1) is 8.43. The lowest BCUT2D eigenvalue weighted by atomic mass is 9.97. The fourth-order valence-corrected chi connectivity index (χ4v) is 1.95. The van der Waals surface area contributed by atoms with Crippen LogP contribution in [0.25, 0.3) is 0 Å². The molecule has 0 aliphatic rings. The molecule has 18 heavy (non-hydrogen) atoms. The molecule has 0 aliphatic heterocycles. The predicted molar refractivity (Wildman–Crippen MR) is 69.4 cm³/mol. The van der Waals surface area contributed by atoms with Crippen molar-refractivity contribution in [2.45, 2.75) is 27.2 Å². The Balaban J connectivity index is 2.68. The molecule has 0 aromatic heterocycles. The number of carbonyl (C=O) groups excluding carboxylic acids is 2. The van der Waals surface area contributed by atoms with Gasteiger partial charge in [0.1, 0.15) is 6.54 Å². The van der Waals surface area contributed by atoms with Crippen LogP contribution in [0.5, 0.6) is 0 Å². The number of nitrogens with one attached hydrogen (secondary N) is 1. The van der Waals surface area contributed by atoms with Crippen molar-refractivity contribution in [2.24, 2.45) is 0 Å². The third-order valence-corrected chi connectivity index (χ3v) is 2.84. The number of hydrogen-bond donors (Lipinski definition) is 1. The first kappa shape index (κ1) is 14.2. The second-order valence-electron chi connectivity index (χ2n) is 4.41. The van der Waals surface area contributed by atoms with Crippen molar-refractivity contribution in [3.05, 3.63) is 34.4 Å². The molecule has 0 aliphatic carbocycles. The van der Waals surface area contributed by atoms with Crippen molar-refractivity contribution in [1.82, 2.24) is 5.32 Å². The maximum atomic E-state index is 11.7. The summed E-state index contributed by atoms with van der Waals surface area (Å²) in [6.07, 6.45) is 0.287. The van der Waals surface area contributed by atoms with Gasteiger partial charge in [0.25, 0.3) is 0 Å². The Hall–Kier alpha value is -1.84. The lowest BCUT2D eigenvalue weighted by Gasteiger charge is -2.11. The molecule has 0 heterocycles. The lowest BCUT2D eigenvalue weighted by Crippen LogP contribution is -2.31. The van der Waals surface area contributed by atoms with E-state index in [1.165, 1.54) is 12.7 Å². The van der Waals surface area contributed by atoms with Crippen molar-refractivity contribution >= 4 is 11.9 Å². The summed E-state index contributed by atoms with van der Waals surface area (Å²) in [5, 5.41) is 2.54. The fraction of sp³-hybridized carbons (Fsp3) is 0.429. The fourth-order valence-electron chi connectivity index (χ4n) is 1.95. The molecule has 4 heteroatoms. The van der Waals surface area contributed by atoms with Gasteiger partial charge in [-0.15, -0.1) is 0 Å². The van der Waals surface area contributed by atoms with Crippen LogP contribution in [0.1, 0.15) is 22.3 Å². The van der Waals surface area contributed by atoms with Crippen LogP contribution in [-0.2, 0) is 20.7 Å². The number of rotatable bonds is 4. The molecule has 0 saturated carbocycles. The maximum Gasteiger partial charge on any atom is 0.325 e. The second-order valence-corrected chi connectivity index (χ2v) is 4.41. The van der Waals surface area contributed by atoms with E-state index >= 15 is 0 Å². The maximum absolute atomic E-state index is 11.7. The summed E-state index contributed by atoms with van der Waals surface area (Å²) in [4.78, 5) is 22.6. The zero-order chi connectivity index (χ0) is 13.7. The van der Waals surface area contributed by atoms with E-state index in [1.807, 2.05) is 20.8 Å². The number of amides is 1. The van der Waals surface area contributed by atoms with Crippen LogP contribution in [0, 0.1) is 20.8 Å². The van der Waals surface area contributed by atoms with Gasteiger partial charge in [-0.2, -0.15) is 0 Å². The molecule has 4 nitrogen and oxygen atoms in total. The number of benzene rings is 1. The predicted octanol–water partition coefficient (Wildman–Crippen LogP) is 1.44. The minimum absolute atomic E-state index is 0.0840. The SMILES string of the molecule is COC(=O)CNC(=O)Cc1c(C)cc(C)cc1C. The average molecular weight is 249 g/mol. The average Bonchev–Trinajstić information content (AvgIpc) is 2.30. The van der Waals surface area contributed by atoms with Gasteiger partial charge in [-0.25, -0.2) is 0 Å². The lowest BCUT2D eigenvalue weighted by molar-refractivity contribution is -0.141. The summed E-state index contributed by atoms with van der Waals surface area (Å²) in [6.45, 7) is 5.92. The van der Waals surface area contributed by atoms with E-state index in [-0.39, 0.29) is 18.9 Å². The Morgan fingerprint density at radius 1 is 1.17 bits per heavy atom. The molecule has 0 bridgehead atoms. The smallest absolute Gasteiger partial charge is 0.325 e. The summed E-state index contributed by atoms with van der Waals surface area (Å²) < 4.78 is 4.46. The number of methoxy groups -OCH3 is 1. The number of esters is 1. The third kappa shape index (κ3) is 3.87. The number of hydrogen-bond acceptors (Lipinski definition) is 3. The molecular formula is C14H19NO3. The molecule has 1 aromatic rings. The quantitative estimate of drug-likeness (QED) is 0.822. The van der Waals surface area contributed by atoms with Gasteiger partial charge in [0.05, 0.1) is 13.5 Å². The number of carbonyl (C=O) groups is 2. The highest BCUT2D eigenvalue weighted by Crippen LogP contribution is 2.16. The summed E-state index contributed by atoms with van der Waals surface area (Å²) >= 11 is 0. The summed E-state index contributed by atoms with van der Waals surface area (Å²) in [7, 11) is 1.29. The van der Waals surface area contributed by atoms with Gasteiger partial charge >= 0.3 is 5.97 Å². The Morgan fingerprint density at radius 3 is 2.22 bits per heavy atom. The molecule has 0 saturated heterocycles. The van der Waals surface area contributed by atoms with Crippen LogP contribution in [0.3, 0.4) is 0 Å². The van der Waals surface area contributed by atoms with Crippen LogP contribution in [0.2, 0.25) is 0 Å². The molecule has 1 aromatic carbocycles. The zero-order valence-corrected chi connectivity index (χ0v) is 11.3. The first-order valence-corrected chi connectivity index (χ1v) is 5.84. The third-order valence-electron chi connectivity index (χ3n) is 2.84. The molecule has 0 unspecified atom stereocenters. The van der Waals surface area contributed by atoms with Gasteiger partial charge in [0.2, 0.25) is 5.91 Å². The Kier molecular flexibility index (Phi) is 4.89. The van der Waals surface area contributed by atoms with Crippen LogP contribution in [0.15, 0.2) is 12.1 Å². The molecule has 0 atom stereocenters. The van der Waals surface area contributed by atoms with Crippen molar-refractivity contribution in [3.63, 3.8) is 0 Å². The Bertz CT molecular complexity index is 443. The molecule has 1 N–H and O–H groups in total. The molecule has 1 amide bonds.